The normalized spacial score (nSPS) is 12.1. The predicted molar refractivity (Wildman–Crippen MR) is 69.9 cm³/mol. The summed E-state index contributed by atoms with van der Waals surface area (Å²) in [6.45, 7) is 0.254. The van der Waals surface area contributed by atoms with Gasteiger partial charge in [0.25, 0.3) is 0 Å². The molecule has 0 aliphatic rings. The van der Waals surface area contributed by atoms with E-state index in [4.69, 9.17) is 33.7 Å². The lowest BCUT2D eigenvalue weighted by Crippen LogP contribution is -2.21. The lowest BCUT2D eigenvalue weighted by molar-refractivity contribution is 0.0930. The fourth-order valence-corrected chi connectivity index (χ4v) is 2.13. The van der Waals surface area contributed by atoms with Crippen LogP contribution in [-0.4, -0.2) is 21.1 Å². The molecule has 1 atom stereocenters. The minimum atomic E-state index is -0.892. The highest BCUT2D eigenvalue weighted by Gasteiger charge is 2.19. The first-order valence-corrected chi connectivity index (χ1v) is 6.07. The summed E-state index contributed by atoms with van der Waals surface area (Å²) >= 11 is 11.9. The smallest absolute Gasteiger partial charge is 0.405 e. The van der Waals surface area contributed by atoms with Gasteiger partial charge in [-0.3, -0.25) is 0 Å². The Labute approximate surface area is 119 Å². The molecule has 0 saturated carbocycles. The van der Waals surface area contributed by atoms with Crippen molar-refractivity contribution in [3.8, 4) is 0 Å². The fraction of sp³-hybridized carbons (Fsp3) is 0.182. The van der Waals surface area contributed by atoms with Crippen molar-refractivity contribution in [1.29, 1.82) is 0 Å². The van der Waals surface area contributed by atoms with E-state index < -0.39 is 12.2 Å². The Morgan fingerprint density at radius 3 is 2.84 bits per heavy atom. The average Bonchev–Trinajstić information content (AvgIpc) is 2.80. The van der Waals surface area contributed by atoms with Gasteiger partial charge in [0.05, 0.1) is 12.7 Å². The van der Waals surface area contributed by atoms with Crippen molar-refractivity contribution in [2.75, 3.05) is 0 Å². The van der Waals surface area contributed by atoms with Gasteiger partial charge in [0.2, 0.25) is 0 Å². The molecule has 0 fully saturated rings. The summed E-state index contributed by atoms with van der Waals surface area (Å²) in [7, 11) is 0. The van der Waals surface area contributed by atoms with Gasteiger partial charge < -0.3 is 10.5 Å². The van der Waals surface area contributed by atoms with Crippen LogP contribution in [-0.2, 0) is 11.3 Å². The molecule has 19 heavy (non-hydrogen) atoms. The number of primary amides is 1. The second kappa shape index (κ2) is 5.90. The van der Waals surface area contributed by atoms with Gasteiger partial charge in [0, 0.05) is 21.8 Å². The molecule has 1 aromatic heterocycles. The maximum Gasteiger partial charge on any atom is 0.405 e. The molecule has 0 saturated heterocycles. The van der Waals surface area contributed by atoms with Crippen molar-refractivity contribution in [2.45, 2.75) is 12.6 Å². The van der Waals surface area contributed by atoms with Crippen LogP contribution in [0.5, 0.6) is 0 Å². The minimum Gasteiger partial charge on any atom is -0.439 e. The molecule has 2 N–H and O–H groups in total. The molecule has 100 valence electrons. The number of carbonyl (C=O) groups is 1. The van der Waals surface area contributed by atoms with Crippen LogP contribution in [0.15, 0.2) is 30.6 Å². The lowest BCUT2D eigenvalue weighted by atomic mass is 10.1. The highest BCUT2D eigenvalue weighted by atomic mass is 35.5. The molecule has 1 aromatic carbocycles. The summed E-state index contributed by atoms with van der Waals surface area (Å²) in [5.41, 5.74) is 5.66. The molecule has 0 spiro atoms. The zero-order valence-electron chi connectivity index (χ0n) is 9.66. The summed E-state index contributed by atoms with van der Waals surface area (Å²) in [6, 6.07) is 4.90. The summed E-state index contributed by atoms with van der Waals surface area (Å²) in [5.74, 6) is 0. The average molecular weight is 301 g/mol. The van der Waals surface area contributed by atoms with E-state index in [2.05, 4.69) is 10.3 Å². The quantitative estimate of drug-likeness (QED) is 0.940. The predicted octanol–water partition coefficient (Wildman–Crippen LogP) is 2.42. The number of hydrogen-bond acceptors (Lipinski definition) is 4. The molecular weight excluding hydrogens is 291 g/mol. The second-order valence-corrected chi connectivity index (χ2v) is 4.56. The summed E-state index contributed by atoms with van der Waals surface area (Å²) < 4.78 is 6.57. The zero-order valence-corrected chi connectivity index (χ0v) is 11.2. The molecule has 0 aliphatic heterocycles. The first-order chi connectivity index (χ1) is 9.06. The Hall–Kier alpha value is -1.79. The monoisotopic (exact) mass is 300 g/mol. The van der Waals surface area contributed by atoms with Gasteiger partial charge >= 0.3 is 6.09 Å². The van der Waals surface area contributed by atoms with Gasteiger partial charge in [-0.05, 0) is 12.1 Å². The Kier molecular flexibility index (Phi) is 4.24. The third-order valence-electron chi connectivity index (χ3n) is 2.39. The SMILES string of the molecule is NC(=O)O[C@@H](Cn1ccnn1)c1ccc(Cl)cc1Cl. The third kappa shape index (κ3) is 3.59. The Morgan fingerprint density at radius 2 is 2.26 bits per heavy atom. The number of amides is 1. The number of hydrogen-bond donors (Lipinski definition) is 1. The molecule has 8 heteroatoms. The molecule has 1 amide bonds. The number of nitrogens with two attached hydrogens (primary N) is 1. The number of halogens is 2. The number of carbonyl (C=O) groups excluding carboxylic acids is 1. The zero-order chi connectivity index (χ0) is 13.8. The Bertz CT molecular complexity index is 574. The molecule has 0 aliphatic carbocycles. The summed E-state index contributed by atoms with van der Waals surface area (Å²) in [4.78, 5) is 11.0. The molecule has 0 unspecified atom stereocenters. The highest BCUT2D eigenvalue weighted by molar-refractivity contribution is 6.35. The molecule has 1 heterocycles. The molecule has 6 nitrogen and oxygen atoms in total. The number of nitrogens with zero attached hydrogens (tertiary/aromatic N) is 3. The maximum absolute atomic E-state index is 11.0. The second-order valence-electron chi connectivity index (χ2n) is 3.72. The molecule has 2 aromatic rings. The maximum atomic E-state index is 11.0. The summed E-state index contributed by atoms with van der Waals surface area (Å²) in [5, 5.41) is 8.35. The van der Waals surface area contributed by atoms with Crippen LogP contribution in [0.1, 0.15) is 11.7 Å². The van der Waals surface area contributed by atoms with Crippen molar-refractivity contribution in [3.05, 3.63) is 46.2 Å². The molecule has 2 rings (SSSR count). The van der Waals surface area contributed by atoms with Crippen LogP contribution in [0.3, 0.4) is 0 Å². The van der Waals surface area contributed by atoms with Crippen molar-refractivity contribution in [2.24, 2.45) is 5.73 Å². The Morgan fingerprint density at radius 1 is 1.47 bits per heavy atom. The van der Waals surface area contributed by atoms with Crippen LogP contribution >= 0.6 is 23.2 Å². The topological polar surface area (TPSA) is 83.0 Å². The van der Waals surface area contributed by atoms with E-state index in [0.717, 1.165) is 0 Å². The number of aromatic nitrogens is 3. The third-order valence-corrected chi connectivity index (χ3v) is 2.96. The highest BCUT2D eigenvalue weighted by Crippen LogP contribution is 2.29. The fourth-order valence-electron chi connectivity index (χ4n) is 1.60. The van der Waals surface area contributed by atoms with E-state index >= 15 is 0 Å². The van der Waals surface area contributed by atoms with Gasteiger partial charge in [-0.25, -0.2) is 9.48 Å². The first-order valence-electron chi connectivity index (χ1n) is 5.31. The van der Waals surface area contributed by atoms with Gasteiger partial charge in [0.15, 0.2) is 0 Å². The van der Waals surface area contributed by atoms with Crippen molar-refractivity contribution in [1.82, 2.24) is 15.0 Å². The lowest BCUT2D eigenvalue weighted by Gasteiger charge is -2.18. The van der Waals surface area contributed by atoms with Crippen LogP contribution in [0.2, 0.25) is 10.0 Å². The van der Waals surface area contributed by atoms with E-state index in [9.17, 15) is 4.79 Å². The minimum absolute atomic E-state index is 0.254. The van der Waals surface area contributed by atoms with Crippen molar-refractivity contribution >= 4 is 29.3 Å². The molecular formula is C11H10Cl2N4O2. The van der Waals surface area contributed by atoms with Crippen molar-refractivity contribution < 1.29 is 9.53 Å². The van der Waals surface area contributed by atoms with E-state index in [0.29, 0.717) is 15.6 Å². The van der Waals surface area contributed by atoms with Crippen LogP contribution in [0.4, 0.5) is 4.79 Å². The van der Waals surface area contributed by atoms with Crippen LogP contribution in [0, 0.1) is 0 Å². The van der Waals surface area contributed by atoms with E-state index in [-0.39, 0.29) is 6.54 Å². The molecule has 0 bridgehead atoms. The van der Waals surface area contributed by atoms with E-state index in [1.165, 1.54) is 10.9 Å². The van der Waals surface area contributed by atoms with Crippen LogP contribution < -0.4 is 5.73 Å². The standard InChI is InChI=1S/C11H10Cl2N4O2/c12-7-1-2-8(9(13)5-7)10(19-11(14)18)6-17-4-3-15-16-17/h1-5,10H,6H2,(H2,14,18)/t10-/m0/s1. The number of rotatable bonds is 4. The van der Waals surface area contributed by atoms with E-state index in [1.807, 2.05) is 0 Å². The molecule has 0 radical (unpaired) electrons. The largest absolute Gasteiger partial charge is 0.439 e. The van der Waals surface area contributed by atoms with Gasteiger partial charge in [-0.15, -0.1) is 5.10 Å². The van der Waals surface area contributed by atoms with Crippen molar-refractivity contribution in [3.63, 3.8) is 0 Å². The summed E-state index contributed by atoms with van der Waals surface area (Å²) in [6.07, 6.45) is 1.60. The number of ether oxygens (including phenoxy) is 1. The van der Waals surface area contributed by atoms with Crippen LogP contribution in [0.25, 0.3) is 0 Å². The van der Waals surface area contributed by atoms with Gasteiger partial charge in [0.1, 0.15) is 6.10 Å². The van der Waals surface area contributed by atoms with Gasteiger partial charge in [-0.1, -0.05) is 34.5 Å². The number of benzene rings is 1. The van der Waals surface area contributed by atoms with E-state index in [1.54, 1.807) is 24.4 Å². The van der Waals surface area contributed by atoms with Gasteiger partial charge in [-0.2, -0.15) is 0 Å². The Balaban J connectivity index is 2.28. The first kappa shape index (κ1) is 13.6.